The molecule has 34 heavy (non-hydrogen) atoms. The minimum Gasteiger partial charge on any atom is -0.497 e. The Hall–Kier alpha value is -3.87. The first-order chi connectivity index (χ1) is 16.4. The Morgan fingerprint density at radius 1 is 1.00 bits per heavy atom. The molecule has 0 spiro atoms. The number of ether oxygens (including phenoxy) is 2. The molecule has 7 heteroatoms. The van der Waals surface area contributed by atoms with Crippen molar-refractivity contribution in [2.45, 2.75) is 32.9 Å². The van der Waals surface area contributed by atoms with Crippen molar-refractivity contribution in [3.8, 4) is 17.2 Å². The lowest BCUT2D eigenvalue weighted by atomic mass is 10.0. The summed E-state index contributed by atoms with van der Waals surface area (Å²) in [7, 11) is 1.62. The first-order valence-corrected chi connectivity index (χ1v) is 11.2. The zero-order valence-electron chi connectivity index (χ0n) is 19.7. The zero-order chi connectivity index (χ0) is 24.2. The fourth-order valence-electron chi connectivity index (χ4n) is 3.76. The van der Waals surface area contributed by atoms with Gasteiger partial charge in [-0.25, -0.2) is 9.07 Å². The van der Waals surface area contributed by atoms with Gasteiger partial charge in [0.2, 0.25) is 5.91 Å². The van der Waals surface area contributed by atoms with Crippen LogP contribution in [0.1, 0.15) is 32.4 Å². The highest BCUT2D eigenvalue weighted by atomic mass is 19.1. The number of fused-ring (bicyclic) bond motifs is 1. The second-order valence-corrected chi connectivity index (χ2v) is 8.52. The number of aromatic nitrogens is 2. The molecule has 0 saturated carbocycles. The van der Waals surface area contributed by atoms with Crippen LogP contribution in [0, 0.1) is 11.7 Å². The normalized spacial score (nSPS) is 13.0. The van der Waals surface area contributed by atoms with Gasteiger partial charge in [0, 0.05) is 11.3 Å². The molecule has 1 N–H and O–H groups in total. The molecule has 0 aliphatic carbocycles. The van der Waals surface area contributed by atoms with Gasteiger partial charge in [-0.15, -0.1) is 0 Å². The van der Waals surface area contributed by atoms with Crippen molar-refractivity contribution >= 4 is 16.8 Å². The summed E-state index contributed by atoms with van der Waals surface area (Å²) >= 11 is 0. The molecule has 3 aromatic carbocycles. The van der Waals surface area contributed by atoms with Crippen molar-refractivity contribution < 1.29 is 18.7 Å². The van der Waals surface area contributed by atoms with Crippen LogP contribution in [0.15, 0.2) is 72.9 Å². The van der Waals surface area contributed by atoms with E-state index in [0.29, 0.717) is 11.5 Å². The molecule has 4 aromatic rings. The van der Waals surface area contributed by atoms with Gasteiger partial charge in [0.25, 0.3) is 0 Å². The van der Waals surface area contributed by atoms with E-state index in [1.807, 2.05) is 63.2 Å². The number of carbonyl (C=O) groups is 1. The molecule has 1 amide bonds. The first kappa shape index (κ1) is 23.3. The number of nitrogens with one attached hydrogen (secondary N) is 1. The van der Waals surface area contributed by atoms with Gasteiger partial charge in [-0.2, -0.15) is 5.10 Å². The van der Waals surface area contributed by atoms with Crippen LogP contribution in [-0.2, 0) is 4.79 Å². The maximum atomic E-state index is 13.3. The van der Waals surface area contributed by atoms with Crippen LogP contribution in [0.2, 0.25) is 0 Å². The summed E-state index contributed by atoms with van der Waals surface area (Å²) in [5, 5.41) is 8.39. The number of rotatable bonds is 8. The molecule has 176 valence electrons. The molecule has 2 atom stereocenters. The molecule has 0 saturated heterocycles. The van der Waals surface area contributed by atoms with Gasteiger partial charge in [-0.05, 0) is 67.1 Å². The van der Waals surface area contributed by atoms with Gasteiger partial charge >= 0.3 is 0 Å². The van der Waals surface area contributed by atoms with Crippen LogP contribution in [0.3, 0.4) is 0 Å². The summed E-state index contributed by atoms with van der Waals surface area (Å²) in [4.78, 5) is 12.4. The highest BCUT2D eigenvalue weighted by molar-refractivity contribution is 5.82. The maximum Gasteiger partial charge on any atom is 0.222 e. The minimum atomic E-state index is -0.442. The van der Waals surface area contributed by atoms with Crippen molar-refractivity contribution in [1.29, 1.82) is 0 Å². The van der Waals surface area contributed by atoms with Crippen LogP contribution in [-0.4, -0.2) is 28.8 Å². The third-order valence-corrected chi connectivity index (χ3v) is 5.64. The summed E-state index contributed by atoms with van der Waals surface area (Å²) in [6.45, 7) is 5.64. The van der Waals surface area contributed by atoms with Gasteiger partial charge in [-0.1, -0.05) is 26.0 Å². The molecule has 0 aliphatic rings. The number of amides is 1. The number of hydrogen-bond acceptors (Lipinski definition) is 4. The molecular weight excluding hydrogens is 433 g/mol. The monoisotopic (exact) mass is 461 g/mol. The number of halogens is 1. The number of carbonyl (C=O) groups excluding carboxylic acids is 1. The SMILES string of the molecule is COc1cccc([C@@H](Oc2ccc3c(cnn3-c3ccc(F)cc3)c2)[C@H](C)NC(=O)C(C)C)c1. The van der Waals surface area contributed by atoms with E-state index in [4.69, 9.17) is 9.47 Å². The molecule has 0 unspecified atom stereocenters. The van der Waals surface area contributed by atoms with E-state index < -0.39 is 6.10 Å². The third kappa shape index (κ3) is 5.03. The third-order valence-electron chi connectivity index (χ3n) is 5.64. The van der Waals surface area contributed by atoms with E-state index in [1.165, 1.54) is 12.1 Å². The Kier molecular flexibility index (Phi) is 6.82. The van der Waals surface area contributed by atoms with E-state index in [2.05, 4.69) is 10.4 Å². The van der Waals surface area contributed by atoms with Gasteiger partial charge in [0.05, 0.1) is 30.6 Å². The Labute approximate surface area is 198 Å². The predicted molar refractivity (Wildman–Crippen MR) is 130 cm³/mol. The van der Waals surface area contributed by atoms with E-state index in [9.17, 15) is 9.18 Å². The topological polar surface area (TPSA) is 65.4 Å². The standard InChI is InChI=1S/C27H28FN3O3/c1-17(2)27(32)30-18(3)26(19-6-5-7-23(14-19)33-4)34-24-12-13-25-20(15-24)16-29-31(25)22-10-8-21(28)9-11-22/h5-18,26H,1-4H3,(H,30,32)/t18-,26-/m0/s1. The summed E-state index contributed by atoms with van der Waals surface area (Å²) in [5.74, 6) is 0.884. The number of hydrogen-bond donors (Lipinski definition) is 1. The summed E-state index contributed by atoms with van der Waals surface area (Å²) < 4.78 is 26.9. The molecule has 1 aromatic heterocycles. The van der Waals surface area contributed by atoms with Gasteiger partial charge in [0.1, 0.15) is 23.4 Å². The van der Waals surface area contributed by atoms with E-state index in [1.54, 1.807) is 30.1 Å². The van der Waals surface area contributed by atoms with Crippen LogP contribution < -0.4 is 14.8 Å². The van der Waals surface area contributed by atoms with Crippen molar-refractivity contribution in [1.82, 2.24) is 15.1 Å². The summed E-state index contributed by atoms with van der Waals surface area (Å²) in [6, 6.07) is 19.2. The van der Waals surface area contributed by atoms with Crippen LogP contribution in [0.4, 0.5) is 4.39 Å². The Morgan fingerprint density at radius 2 is 1.76 bits per heavy atom. The van der Waals surface area contributed by atoms with Gasteiger partial charge in [0.15, 0.2) is 0 Å². The molecule has 4 rings (SSSR count). The van der Waals surface area contributed by atoms with Crippen LogP contribution in [0.5, 0.6) is 11.5 Å². The molecular formula is C27H28FN3O3. The second kappa shape index (κ2) is 9.95. The lowest BCUT2D eigenvalue weighted by Gasteiger charge is -2.27. The summed E-state index contributed by atoms with van der Waals surface area (Å²) in [6.07, 6.45) is 1.30. The zero-order valence-corrected chi connectivity index (χ0v) is 19.7. The van der Waals surface area contributed by atoms with E-state index >= 15 is 0 Å². The number of benzene rings is 3. The minimum absolute atomic E-state index is 0.0416. The Morgan fingerprint density at radius 3 is 2.47 bits per heavy atom. The second-order valence-electron chi connectivity index (χ2n) is 8.52. The number of nitrogens with zero attached hydrogens (tertiary/aromatic N) is 2. The molecule has 6 nitrogen and oxygen atoms in total. The van der Waals surface area contributed by atoms with Crippen molar-refractivity contribution in [3.63, 3.8) is 0 Å². The lowest BCUT2D eigenvalue weighted by Crippen LogP contribution is -2.41. The Bertz CT molecular complexity index is 1280. The van der Waals surface area contributed by atoms with Gasteiger partial charge in [-0.3, -0.25) is 4.79 Å². The largest absolute Gasteiger partial charge is 0.497 e. The average molecular weight is 462 g/mol. The molecule has 0 aliphatic heterocycles. The first-order valence-electron chi connectivity index (χ1n) is 11.2. The van der Waals surface area contributed by atoms with E-state index in [0.717, 1.165) is 22.2 Å². The number of methoxy groups -OCH3 is 1. The average Bonchev–Trinajstić information content (AvgIpc) is 3.26. The van der Waals surface area contributed by atoms with Crippen LogP contribution in [0.25, 0.3) is 16.6 Å². The quantitative estimate of drug-likeness (QED) is 0.379. The van der Waals surface area contributed by atoms with Crippen molar-refractivity contribution in [2.75, 3.05) is 7.11 Å². The smallest absolute Gasteiger partial charge is 0.222 e. The molecule has 0 radical (unpaired) electrons. The fourth-order valence-corrected chi connectivity index (χ4v) is 3.76. The molecule has 0 bridgehead atoms. The summed E-state index contributed by atoms with van der Waals surface area (Å²) in [5.41, 5.74) is 2.53. The molecule has 0 fully saturated rings. The lowest BCUT2D eigenvalue weighted by molar-refractivity contribution is -0.125. The highest BCUT2D eigenvalue weighted by Gasteiger charge is 2.25. The van der Waals surface area contributed by atoms with Crippen molar-refractivity contribution in [3.05, 3.63) is 84.3 Å². The predicted octanol–water partition coefficient (Wildman–Crippen LogP) is 5.45. The van der Waals surface area contributed by atoms with Crippen molar-refractivity contribution in [2.24, 2.45) is 5.92 Å². The van der Waals surface area contributed by atoms with E-state index in [-0.39, 0.29) is 23.7 Å². The highest BCUT2D eigenvalue weighted by Crippen LogP contribution is 2.30. The maximum absolute atomic E-state index is 13.3. The van der Waals surface area contributed by atoms with Crippen LogP contribution >= 0.6 is 0 Å². The fraction of sp³-hybridized carbons (Fsp3) is 0.259. The molecule has 1 heterocycles. The Balaban J connectivity index is 1.65. The van der Waals surface area contributed by atoms with Gasteiger partial charge < -0.3 is 14.8 Å².